The van der Waals surface area contributed by atoms with Crippen LogP contribution in [-0.4, -0.2) is 19.9 Å². The molecule has 0 saturated carbocycles. The lowest BCUT2D eigenvalue weighted by molar-refractivity contribution is 0.795. The number of benzene rings is 5. The zero-order valence-corrected chi connectivity index (χ0v) is 30.3. The Labute approximate surface area is 328 Å². The van der Waals surface area contributed by atoms with Gasteiger partial charge in [0, 0.05) is 35.9 Å². The maximum Gasteiger partial charge on any atom is 0.190 e. The Bertz CT molecular complexity index is 3160. The lowest BCUT2D eigenvalue weighted by Crippen LogP contribution is -2.26. The lowest BCUT2D eigenvalue weighted by Gasteiger charge is -2.31. The molecule has 57 heavy (non-hydrogen) atoms. The number of rotatable bonds is 4. The van der Waals surface area contributed by atoms with Crippen LogP contribution >= 0.6 is 0 Å². The molecule has 9 aromatic rings. The second-order valence-corrected chi connectivity index (χ2v) is 14.4. The summed E-state index contributed by atoms with van der Waals surface area (Å²) in [6, 6.07) is 53.0. The van der Waals surface area contributed by atoms with E-state index in [0.29, 0.717) is 28.3 Å². The van der Waals surface area contributed by atoms with Crippen molar-refractivity contribution in [3.63, 3.8) is 0 Å². The molecule has 0 unspecified atom stereocenters. The minimum absolute atomic E-state index is 0.536. The Hall–Kier alpha value is -8.06. The number of pyridine rings is 4. The fraction of sp³-hybridized carbons (Fsp3) is 0.0196. The van der Waals surface area contributed by atoms with Gasteiger partial charge < -0.3 is 0 Å². The number of nitriles is 1. The van der Waals surface area contributed by atoms with Gasteiger partial charge in [0.25, 0.3) is 0 Å². The number of fused-ring (bicyclic) bond motifs is 12. The third kappa shape index (κ3) is 4.75. The van der Waals surface area contributed by atoms with Gasteiger partial charge in [-0.25, -0.2) is 4.85 Å². The Balaban J connectivity index is 1.14. The van der Waals surface area contributed by atoms with Crippen LogP contribution in [0.3, 0.4) is 0 Å². The zero-order chi connectivity index (χ0) is 38.1. The third-order valence-electron chi connectivity index (χ3n) is 11.6. The molecule has 0 N–H and O–H groups in total. The Morgan fingerprint density at radius 1 is 0.474 bits per heavy atom. The van der Waals surface area contributed by atoms with Crippen LogP contribution in [0.1, 0.15) is 27.8 Å². The molecular formula is C51H28N6. The predicted octanol–water partition coefficient (Wildman–Crippen LogP) is 11.9. The Kier molecular flexibility index (Phi) is 7.10. The molecule has 2 aliphatic carbocycles. The molecule has 0 fully saturated rings. The molecule has 6 nitrogen and oxygen atoms in total. The van der Waals surface area contributed by atoms with Crippen LogP contribution in [0.25, 0.3) is 82.9 Å². The van der Waals surface area contributed by atoms with Gasteiger partial charge in [-0.1, -0.05) is 97.1 Å². The highest BCUT2D eigenvalue weighted by Crippen LogP contribution is 2.64. The molecule has 0 amide bonds. The van der Waals surface area contributed by atoms with Gasteiger partial charge in [-0.2, -0.15) is 5.26 Å². The summed E-state index contributed by atoms with van der Waals surface area (Å²) >= 11 is 0. The molecule has 4 heterocycles. The summed E-state index contributed by atoms with van der Waals surface area (Å²) in [5.74, 6) is 0. The minimum Gasteiger partial charge on any atom is -0.257 e. The van der Waals surface area contributed by atoms with Crippen molar-refractivity contribution in [2.24, 2.45) is 0 Å². The lowest BCUT2D eigenvalue weighted by atomic mass is 9.69. The van der Waals surface area contributed by atoms with Gasteiger partial charge in [-0.3, -0.25) is 19.9 Å². The van der Waals surface area contributed by atoms with Gasteiger partial charge in [0.15, 0.2) is 5.69 Å². The smallest absolute Gasteiger partial charge is 0.190 e. The quantitative estimate of drug-likeness (QED) is 0.169. The summed E-state index contributed by atoms with van der Waals surface area (Å²) in [7, 11) is 0. The molecule has 0 bridgehead atoms. The molecule has 0 atom stereocenters. The number of nitrogens with zero attached hydrogens (tertiary/aromatic N) is 6. The average molecular weight is 725 g/mol. The molecule has 0 radical (unpaired) electrons. The molecule has 0 aliphatic heterocycles. The van der Waals surface area contributed by atoms with E-state index < -0.39 is 5.41 Å². The fourth-order valence-corrected chi connectivity index (χ4v) is 9.10. The first-order valence-electron chi connectivity index (χ1n) is 18.7. The molecule has 4 aromatic heterocycles. The SMILES string of the molecule is [C-]#[N+]c1ccnc(-c2ccc(-c3cc4c(c5ccccc35)-c3ccc(-c5ccc(-c6cc(C#N)ccn6)nc5)cc3C43c4ccccc4-c4ccccc43)cn2)c1. The topological polar surface area (TPSA) is 79.7 Å². The molecule has 1 spiro atoms. The van der Waals surface area contributed by atoms with E-state index in [1.165, 1.54) is 49.9 Å². The van der Waals surface area contributed by atoms with E-state index in [-0.39, 0.29) is 0 Å². The van der Waals surface area contributed by atoms with E-state index in [4.69, 9.17) is 16.5 Å². The fourth-order valence-electron chi connectivity index (χ4n) is 9.10. The maximum atomic E-state index is 9.44. The summed E-state index contributed by atoms with van der Waals surface area (Å²) in [4.78, 5) is 22.3. The van der Waals surface area contributed by atoms with Crippen LogP contribution in [0.4, 0.5) is 5.69 Å². The van der Waals surface area contributed by atoms with Crippen molar-refractivity contribution >= 4 is 16.5 Å². The van der Waals surface area contributed by atoms with Crippen molar-refractivity contribution in [3.05, 3.63) is 210 Å². The molecule has 5 aromatic carbocycles. The third-order valence-corrected chi connectivity index (χ3v) is 11.6. The number of hydrogen-bond donors (Lipinski definition) is 0. The van der Waals surface area contributed by atoms with Crippen LogP contribution in [0.2, 0.25) is 0 Å². The summed E-state index contributed by atoms with van der Waals surface area (Å²) in [6.07, 6.45) is 7.14. The Morgan fingerprint density at radius 3 is 1.79 bits per heavy atom. The summed E-state index contributed by atoms with van der Waals surface area (Å²) < 4.78 is 0. The molecule has 0 saturated heterocycles. The van der Waals surface area contributed by atoms with Gasteiger partial charge in [0.05, 0.1) is 46.4 Å². The summed E-state index contributed by atoms with van der Waals surface area (Å²) in [5, 5.41) is 11.8. The Morgan fingerprint density at radius 2 is 1.11 bits per heavy atom. The van der Waals surface area contributed by atoms with Crippen molar-refractivity contribution in [1.29, 1.82) is 5.26 Å². The second kappa shape index (κ2) is 12.5. The van der Waals surface area contributed by atoms with Crippen molar-refractivity contribution < 1.29 is 0 Å². The van der Waals surface area contributed by atoms with Crippen LogP contribution in [-0.2, 0) is 5.41 Å². The predicted molar refractivity (Wildman–Crippen MR) is 224 cm³/mol. The van der Waals surface area contributed by atoms with Gasteiger partial charge in [-0.05, 0) is 115 Å². The standard InChI is InChI=1S/C51H28N6/c1-53-35-21-23-55-49(26-35)47-19-16-34(30-57-47)41-27-45-50(39-11-3-2-8-36(39)41)40-17-14-32(33-15-18-46(56-29-33)48-24-31(28-52)20-22-54-48)25-44(40)51(45)42-12-6-4-9-37(42)38-10-5-7-13-43(38)51/h2-27,29-30H. The van der Waals surface area contributed by atoms with Crippen molar-refractivity contribution in [1.82, 2.24) is 19.9 Å². The normalized spacial score (nSPS) is 12.7. The van der Waals surface area contributed by atoms with Crippen molar-refractivity contribution in [2.45, 2.75) is 5.41 Å². The number of aromatic nitrogens is 4. The zero-order valence-electron chi connectivity index (χ0n) is 30.3. The molecule has 11 rings (SSSR count). The maximum absolute atomic E-state index is 9.44. The van der Waals surface area contributed by atoms with E-state index in [2.05, 4.69) is 130 Å². The van der Waals surface area contributed by atoms with Gasteiger partial charge in [-0.15, -0.1) is 0 Å². The first kappa shape index (κ1) is 32.4. The van der Waals surface area contributed by atoms with Crippen molar-refractivity contribution in [2.75, 3.05) is 0 Å². The van der Waals surface area contributed by atoms with Gasteiger partial charge in [0.1, 0.15) is 0 Å². The van der Waals surface area contributed by atoms with E-state index in [1.54, 1.807) is 36.7 Å². The first-order valence-corrected chi connectivity index (χ1v) is 18.7. The first-order chi connectivity index (χ1) is 28.1. The van der Waals surface area contributed by atoms with Crippen molar-refractivity contribution in [3.8, 4) is 73.4 Å². The van der Waals surface area contributed by atoms with Crippen LogP contribution in [0, 0.1) is 17.9 Å². The minimum atomic E-state index is -0.584. The highest BCUT2D eigenvalue weighted by molar-refractivity contribution is 6.11. The molecule has 262 valence electrons. The highest BCUT2D eigenvalue weighted by Gasteiger charge is 2.52. The largest absolute Gasteiger partial charge is 0.257 e. The molecule has 2 aliphatic rings. The summed E-state index contributed by atoms with van der Waals surface area (Å²) in [6.45, 7) is 7.46. The number of hydrogen-bond acceptors (Lipinski definition) is 5. The van der Waals surface area contributed by atoms with E-state index in [9.17, 15) is 5.26 Å². The molecular weight excluding hydrogens is 697 g/mol. The van der Waals surface area contributed by atoms with Crippen LogP contribution in [0.5, 0.6) is 0 Å². The van der Waals surface area contributed by atoms with E-state index >= 15 is 0 Å². The highest BCUT2D eigenvalue weighted by atomic mass is 14.8. The van der Waals surface area contributed by atoms with E-state index in [0.717, 1.165) is 33.3 Å². The van der Waals surface area contributed by atoms with Crippen LogP contribution < -0.4 is 0 Å². The second-order valence-electron chi connectivity index (χ2n) is 14.4. The molecule has 6 heteroatoms. The summed E-state index contributed by atoms with van der Waals surface area (Å²) in [5.41, 5.74) is 17.4. The van der Waals surface area contributed by atoms with E-state index in [1.807, 2.05) is 24.5 Å². The van der Waals surface area contributed by atoms with Gasteiger partial charge in [0.2, 0.25) is 0 Å². The van der Waals surface area contributed by atoms with Gasteiger partial charge >= 0.3 is 0 Å². The average Bonchev–Trinajstić information content (AvgIpc) is 3.76. The van der Waals surface area contributed by atoms with Crippen LogP contribution in [0.15, 0.2) is 170 Å². The monoisotopic (exact) mass is 724 g/mol.